The number of anilines is 1. The molecule has 182 valence electrons. The molecule has 4 rings (SSSR count). The monoisotopic (exact) mass is 489 g/mol. The van der Waals surface area contributed by atoms with Crippen molar-refractivity contribution in [2.45, 2.75) is 31.5 Å². The third-order valence-electron chi connectivity index (χ3n) is 6.40. The minimum absolute atomic E-state index is 0.0774. The van der Waals surface area contributed by atoms with Gasteiger partial charge in [-0.05, 0) is 29.2 Å². The molecule has 0 unspecified atom stereocenters. The van der Waals surface area contributed by atoms with Crippen LogP contribution in [0.3, 0.4) is 0 Å². The molecule has 2 aromatic rings. The molecule has 0 bridgehead atoms. The number of ether oxygens (including phenoxy) is 2. The number of hydrogen-bond acceptors (Lipinski definition) is 5. The molecule has 0 radical (unpaired) electrons. The SMILES string of the molecule is CNC(=O)c1cc(Cl)c(F)cc1NC(=O)C1(c2ccccc2C(C)C)CN(CC2OCCO2)C1. The Morgan fingerprint density at radius 3 is 2.53 bits per heavy atom. The third kappa shape index (κ3) is 4.68. The summed E-state index contributed by atoms with van der Waals surface area (Å²) in [4.78, 5) is 28.3. The van der Waals surface area contributed by atoms with Crippen LogP contribution in [-0.2, 0) is 19.7 Å². The van der Waals surface area contributed by atoms with E-state index in [9.17, 15) is 14.0 Å². The Hall–Kier alpha value is -2.52. The van der Waals surface area contributed by atoms with Crippen molar-refractivity contribution in [1.29, 1.82) is 0 Å². The molecule has 0 spiro atoms. The van der Waals surface area contributed by atoms with Crippen LogP contribution >= 0.6 is 11.6 Å². The summed E-state index contributed by atoms with van der Waals surface area (Å²) in [6.45, 7) is 6.72. The predicted octanol–water partition coefficient (Wildman–Crippen LogP) is 3.53. The fourth-order valence-electron chi connectivity index (χ4n) is 4.66. The number of nitrogens with zero attached hydrogens (tertiary/aromatic N) is 1. The summed E-state index contributed by atoms with van der Waals surface area (Å²) in [6, 6.07) is 10.2. The number of hydrogen-bond donors (Lipinski definition) is 2. The van der Waals surface area contributed by atoms with Crippen molar-refractivity contribution in [3.63, 3.8) is 0 Å². The van der Waals surface area contributed by atoms with Gasteiger partial charge >= 0.3 is 0 Å². The van der Waals surface area contributed by atoms with E-state index in [1.54, 1.807) is 0 Å². The number of rotatable bonds is 7. The highest BCUT2D eigenvalue weighted by atomic mass is 35.5. The van der Waals surface area contributed by atoms with Crippen molar-refractivity contribution in [2.24, 2.45) is 0 Å². The Labute approximate surface area is 203 Å². The average Bonchev–Trinajstić information content (AvgIpc) is 3.31. The first kappa shape index (κ1) is 24.6. The Morgan fingerprint density at radius 1 is 1.21 bits per heavy atom. The van der Waals surface area contributed by atoms with Crippen molar-refractivity contribution in [3.05, 3.63) is 63.9 Å². The van der Waals surface area contributed by atoms with Crippen molar-refractivity contribution in [2.75, 3.05) is 45.2 Å². The van der Waals surface area contributed by atoms with Crippen LogP contribution in [0.1, 0.15) is 41.3 Å². The summed E-state index contributed by atoms with van der Waals surface area (Å²) in [7, 11) is 1.46. The van der Waals surface area contributed by atoms with Gasteiger partial charge in [-0.2, -0.15) is 0 Å². The van der Waals surface area contributed by atoms with Gasteiger partial charge in [0.05, 0.1) is 34.9 Å². The van der Waals surface area contributed by atoms with Gasteiger partial charge in [-0.25, -0.2) is 4.39 Å². The lowest BCUT2D eigenvalue weighted by Crippen LogP contribution is -2.66. The number of benzene rings is 2. The summed E-state index contributed by atoms with van der Waals surface area (Å²) < 4.78 is 25.4. The Kier molecular flexibility index (Phi) is 7.23. The average molecular weight is 490 g/mol. The molecule has 0 saturated carbocycles. The van der Waals surface area contributed by atoms with Crippen LogP contribution in [0, 0.1) is 5.82 Å². The Morgan fingerprint density at radius 2 is 1.88 bits per heavy atom. The molecule has 2 heterocycles. The van der Waals surface area contributed by atoms with E-state index in [0.29, 0.717) is 32.8 Å². The van der Waals surface area contributed by atoms with Gasteiger partial charge in [-0.1, -0.05) is 49.7 Å². The summed E-state index contributed by atoms with van der Waals surface area (Å²) in [5, 5.41) is 5.14. The molecule has 9 heteroatoms. The zero-order chi connectivity index (χ0) is 24.5. The maximum absolute atomic E-state index is 14.3. The highest BCUT2D eigenvalue weighted by molar-refractivity contribution is 6.31. The molecule has 7 nitrogen and oxygen atoms in total. The fourth-order valence-corrected chi connectivity index (χ4v) is 4.82. The van der Waals surface area contributed by atoms with E-state index >= 15 is 0 Å². The van der Waals surface area contributed by atoms with Gasteiger partial charge in [0.1, 0.15) is 5.82 Å². The maximum atomic E-state index is 14.3. The molecule has 34 heavy (non-hydrogen) atoms. The number of likely N-dealkylation sites (tertiary alicyclic amines) is 1. The third-order valence-corrected chi connectivity index (χ3v) is 6.69. The van der Waals surface area contributed by atoms with Gasteiger partial charge in [0.2, 0.25) is 5.91 Å². The molecule has 2 amide bonds. The van der Waals surface area contributed by atoms with Crippen LogP contribution in [0.25, 0.3) is 0 Å². The summed E-state index contributed by atoms with van der Waals surface area (Å²) in [5.41, 5.74) is 1.28. The first-order chi connectivity index (χ1) is 16.2. The lowest BCUT2D eigenvalue weighted by Gasteiger charge is -2.50. The quantitative estimate of drug-likeness (QED) is 0.622. The van der Waals surface area contributed by atoms with E-state index in [4.69, 9.17) is 21.1 Å². The number of halogens is 2. The van der Waals surface area contributed by atoms with Crippen LogP contribution < -0.4 is 10.6 Å². The number of amides is 2. The van der Waals surface area contributed by atoms with Crippen LogP contribution in [-0.4, -0.2) is 62.9 Å². The second kappa shape index (κ2) is 10.00. The number of carbonyl (C=O) groups is 2. The molecule has 2 N–H and O–H groups in total. The van der Waals surface area contributed by atoms with E-state index in [1.165, 1.54) is 13.1 Å². The lowest BCUT2D eigenvalue weighted by atomic mass is 9.69. The lowest BCUT2D eigenvalue weighted by molar-refractivity contribution is -0.133. The molecule has 0 aromatic heterocycles. The molecule has 2 aromatic carbocycles. The topological polar surface area (TPSA) is 79.9 Å². The number of carbonyl (C=O) groups excluding carboxylic acids is 2. The van der Waals surface area contributed by atoms with E-state index < -0.39 is 17.1 Å². The van der Waals surface area contributed by atoms with E-state index in [2.05, 4.69) is 29.4 Å². The van der Waals surface area contributed by atoms with Crippen molar-refractivity contribution >= 4 is 29.1 Å². The van der Waals surface area contributed by atoms with Gasteiger partial charge in [-0.3, -0.25) is 14.5 Å². The van der Waals surface area contributed by atoms with E-state index in [-0.39, 0.29) is 34.4 Å². The van der Waals surface area contributed by atoms with Crippen molar-refractivity contribution in [1.82, 2.24) is 10.2 Å². The minimum atomic E-state index is -0.879. The van der Waals surface area contributed by atoms with Crippen LogP contribution in [0.5, 0.6) is 0 Å². The molecule has 2 aliphatic rings. The van der Waals surface area contributed by atoms with Crippen LogP contribution in [0.15, 0.2) is 36.4 Å². The second-order valence-electron chi connectivity index (χ2n) is 9.01. The van der Waals surface area contributed by atoms with Crippen molar-refractivity contribution in [3.8, 4) is 0 Å². The van der Waals surface area contributed by atoms with Gasteiger partial charge in [0.25, 0.3) is 5.91 Å². The number of nitrogens with one attached hydrogen (secondary N) is 2. The van der Waals surface area contributed by atoms with Crippen LogP contribution in [0.2, 0.25) is 5.02 Å². The largest absolute Gasteiger partial charge is 0.355 e. The molecule has 2 aliphatic heterocycles. The van der Waals surface area contributed by atoms with E-state index in [0.717, 1.165) is 17.2 Å². The summed E-state index contributed by atoms with van der Waals surface area (Å²) in [5.74, 6) is -1.30. The second-order valence-corrected chi connectivity index (χ2v) is 9.42. The minimum Gasteiger partial charge on any atom is -0.355 e. The van der Waals surface area contributed by atoms with Gasteiger partial charge < -0.3 is 20.1 Å². The molecule has 2 saturated heterocycles. The molecule has 2 fully saturated rings. The fraction of sp³-hybridized carbons (Fsp3) is 0.440. The highest BCUT2D eigenvalue weighted by Crippen LogP contribution is 2.40. The maximum Gasteiger partial charge on any atom is 0.253 e. The zero-order valence-electron chi connectivity index (χ0n) is 19.5. The predicted molar refractivity (Wildman–Crippen MR) is 128 cm³/mol. The summed E-state index contributed by atoms with van der Waals surface area (Å²) in [6.07, 6.45) is -0.313. The molecule has 0 aliphatic carbocycles. The van der Waals surface area contributed by atoms with Crippen molar-refractivity contribution < 1.29 is 23.5 Å². The standard InChI is InChI=1S/C25H29ClFN3O4/c1-15(2)16-6-4-5-7-18(16)25(13-30(14-25)12-22-33-8-9-34-22)24(32)29-21-11-20(27)19(26)10-17(21)23(31)28-3/h4-7,10-11,15,22H,8-9,12-14H2,1-3H3,(H,28,31)(H,29,32). The van der Waals surface area contributed by atoms with Gasteiger partial charge in [0, 0.05) is 26.7 Å². The first-order valence-electron chi connectivity index (χ1n) is 11.3. The highest BCUT2D eigenvalue weighted by Gasteiger charge is 2.52. The molecule has 0 atom stereocenters. The van der Waals surface area contributed by atoms with E-state index in [1.807, 2.05) is 24.3 Å². The zero-order valence-corrected chi connectivity index (χ0v) is 20.2. The van der Waals surface area contributed by atoms with Gasteiger partial charge in [0.15, 0.2) is 6.29 Å². The molecular formula is C25H29ClFN3O4. The smallest absolute Gasteiger partial charge is 0.253 e. The van der Waals surface area contributed by atoms with Crippen LogP contribution in [0.4, 0.5) is 10.1 Å². The Bertz CT molecular complexity index is 1080. The normalized spacial score (nSPS) is 18.1. The van der Waals surface area contributed by atoms with Gasteiger partial charge in [-0.15, -0.1) is 0 Å². The molecular weight excluding hydrogens is 461 g/mol. The Balaban J connectivity index is 1.68. The first-order valence-corrected chi connectivity index (χ1v) is 11.7. The summed E-state index contributed by atoms with van der Waals surface area (Å²) >= 11 is 5.91.